The number of benzene rings is 1. The Morgan fingerprint density at radius 2 is 1.94 bits per heavy atom. The maximum absolute atomic E-state index is 11.4. The summed E-state index contributed by atoms with van der Waals surface area (Å²) in [5.74, 6) is -1.11. The van der Waals surface area contributed by atoms with E-state index in [1.807, 2.05) is 30.3 Å². The predicted octanol–water partition coefficient (Wildman–Crippen LogP) is 2.19. The molecule has 1 aromatic carbocycles. The zero-order chi connectivity index (χ0) is 13.4. The van der Waals surface area contributed by atoms with Gasteiger partial charge >= 0.3 is 11.9 Å². The van der Waals surface area contributed by atoms with Crippen LogP contribution in [0.1, 0.15) is 19.4 Å². The van der Waals surface area contributed by atoms with E-state index in [0.717, 1.165) is 5.56 Å². The third-order valence-corrected chi connectivity index (χ3v) is 2.12. The van der Waals surface area contributed by atoms with Crippen LogP contribution in [0.2, 0.25) is 0 Å². The molecule has 0 aliphatic heterocycles. The van der Waals surface area contributed by atoms with Crippen molar-refractivity contribution in [1.29, 1.82) is 0 Å². The molecule has 1 rings (SSSR count). The van der Waals surface area contributed by atoms with Gasteiger partial charge in [0.1, 0.15) is 0 Å². The lowest BCUT2D eigenvalue weighted by Crippen LogP contribution is -2.25. The van der Waals surface area contributed by atoms with Gasteiger partial charge in [-0.05, 0) is 25.5 Å². The fraction of sp³-hybridized carbons (Fsp3) is 0.286. The summed E-state index contributed by atoms with van der Waals surface area (Å²) in [5, 5.41) is 0. The number of hydrogen-bond donors (Lipinski definition) is 0. The van der Waals surface area contributed by atoms with E-state index in [4.69, 9.17) is 9.47 Å². The van der Waals surface area contributed by atoms with E-state index >= 15 is 0 Å². The molecule has 0 N–H and O–H groups in total. The summed E-state index contributed by atoms with van der Waals surface area (Å²) in [6.45, 7) is 3.44. The minimum Gasteiger partial charge on any atom is -0.463 e. The van der Waals surface area contributed by atoms with Crippen LogP contribution in [0.5, 0.6) is 0 Å². The molecule has 0 heterocycles. The number of hydrogen-bond acceptors (Lipinski definition) is 4. The molecule has 0 aliphatic carbocycles. The first-order chi connectivity index (χ1) is 8.63. The van der Waals surface area contributed by atoms with Crippen molar-refractivity contribution in [2.75, 3.05) is 6.61 Å². The van der Waals surface area contributed by atoms with E-state index in [1.165, 1.54) is 13.0 Å². The average Bonchev–Trinajstić information content (AvgIpc) is 2.38. The van der Waals surface area contributed by atoms with Gasteiger partial charge < -0.3 is 9.47 Å². The molecule has 0 bridgehead atoms. The van der Waals surface area contributed by atoms with Crippen LogP contribution in [0.15, 0.2) is 36.4 Å². The fourth-order valence-electron chi connectivity index (χ4n) is 1.25. The zero-order valence-corrected chi connectivity index (χ0v) is 10.5. The summed E-state index contributed by atoms with van der Waals surface area (Å²) in [6, 6.07) is 9.34. The van der Waals surface area contributed by atoms with Gasteiger partial charge in [0.25, 0.3) is 0 Å². The maximum Gasteiger partial charge on any atom is 0.347 e. The Balaban J connectivity index is 2.47. The Labute approximate surface area is 106 Å². The molecule has 0 radical (unpaired) electrons. The van der Waals surface area contributed by atoms with Crippen molar-refractivity contribution in [3.63, 3.8) is 0 Å². The van der Waals surface area contributed by atoms with Gasteiger partial charge in [0.05, 0.1) is 6.61 Å². The predicted molar refractivity (Wildman–Crippen MR) is 67.7 cm³/mol. The van der Waals surface area contributed by atoms with Crippen LogP contribution in [-0.4, -0.2) is 24.6 Å². The molecular weight excluding hydrogens is 232 g/mol. The van der Waals surface area contributed by atoms with Gasteiger partial charge in [0.15, 0.2) is 6.10 Å². The molecule has 0 amide bonds. The number of rotatable bonds is 5. The van der Waals surface area contributed by atoms with Gasteiger partial charge in [-0.1, -0.05) is 30.3 Å². The molecule has 96 valence electrons. The van der Waals surface area contributed by atoms with Crippen molar-refractivity contribution in [3.8, 4) is 0 Å². The smallest absolute Gasteiger partial charge is 0.347 e. The highest BCUT2D eigenvalue weighted by molar-refractivity contribution is 5.89. The number of esters is 2. The summed E-state index contributed by atoms with van der Waals surface area (Å²) in [4.78, 5) is 22.6. The third kappa shape index (κ3) is 4.82. The molecule has 0 aromatic heterocycles. The Kier molecular flexibility index (Phi) is 5.64. The summed E-state index contributed by atoms with van der Waals surface area (Å²) >= 11 is 0. The summed E-state index contributed by atoms with van der Waals surface area (Å²) in [6.07, 6.45) is 2.02. The molecule has 1 atom stereocenters. The summed E-state index contributed by atoms with van der Waals surface area (Å²) < 4.78 is 9.61. The lowest BCUT2D eigenvalue weighted by molar-refractivity contribution is -0.163. The molecule has 0 saturated carbocycles. The first kappa shape index (κ1) is 14.0. The second-order valence-corrected chi connectivity index (χ2v) is 3.58. The van der Waals surface area contributed by atoms with Crippen molar-refractivity contribution >= 4 is 18.0 Å². The highest BCUT2D eigenvalue weighted by Crippen LogP contribution is 2.02. The second kappa shape index (κ2) is 7.27. The SMILES string of the molecule is CCOC(=O)C(C)OC(=O)C=Cc1ccccc1. The second-order valence-electron chi connectivity index (χ2n) is 3.58. The lowest BCUT2D eigenvalue weighted by Gasteiger charge is -2.09. The number of ether oxygens (including phenoxy) is 2. The molecule has 4 heteroatoms. The summed E-state index contributed by atoms with van der Waals surface area (Å²) in [7, 11) is 0. The maximum atomic E-state index is 11.4. The van der Waals surface area contributed by atoms with Crippen molar-refractivity contribution in [2.24, 2.45) is 0 Å². The van der Waals surface area contributed by atoms with Crippen molar-refractivity contribution in [3.05, 3.63) is 42.0 Å². The highest BCUT2D eigenvalue weighted by Gasteiger charge is 2.17. The molecular formula is C14H16O4. The molecule has 4 nitrogen and oxygen atoms in total. The zero-order valence-electron chi connectivity index (χ0n) is 10.5. The standard InChI is InChI=1S/C14H16O4/c1-3-17-14(16)11(2)18-13(15)10-9-12-7-5-4-6-8-12/h4-11H,3H2,1-2H3. The van der Waals surface area contributed by atoms with Gasteiger partial charge in [0.2, 0.25) is 0 Å². The van der Waals surface area contributed by atoms with Crippen LogP contribution in [0, 0.1) is 0 Å². The third-order valence-electron chi connectivity index (χ3n) is 2.12. The molecule has 1 aromatic rings. The largest absolute Gasteiger partial charge is 0.463 e. The molecule has 0 spiro atoms. The van der Waals surface area contributed by atoms with E-state index in [1.54, 1.807) is 13.0 Å². The Hall–Kier alpha value is -2.10. The summed E-state index contributed by atoms with van der Waals surface area (Å²) in [5.41, 5.74) is 0.887. The van der Waals surface area contributed by atoms with Crippen molar-refractivity contribution in [1.82, 2.24) is 0 Å². The Bertz CT molecular complexity index is 423. The van der Waals surface area contributed by atoms with Crippen molar-refractivity contribution < 1.29 is 19.1 Å². The van der Waals surface area contributed by atoms with Gasteiger partial charge in [-0.15, -0.1) is 0 Å². The number of carbonyl (C=O) groups is 2. The van der Waals surface area contributed by atoms with Crippen LogP contribution in [0.3, 0.4) is 0 Å². The van der Waals surface area contributed by atoms with E-state index in [-0.39, 0.29) is 6.61 Å². The van der Waals surface area contributed by atoms with E-state index in [9.17, 15) is 9.59 Å². The van der Waals surface area contributed by atoms with Gasteiger partial charge in [-0.25, -0.2) is 9.59 Å². The topological polar surface area (TPSA) is 52.6 Å². The van der Waals surface area contributed by atoms with Crippen LogP contribution in [-0.2, 0) is 19.1 Å². The minimum absolute atomic E-state index is 0.264. The highest BCUT2D eigenvalue weighted by atomic mass is 16.6. The Morgan fingerprint density at radius 1 is 1.28 bits per heavy atom. The molecule has 1 unspecified atom stereocenters. The van der Waals surface area contributed by atoms with Gasteiger partial charge in [0, 0.05) is 6.08 Å². The first-order valence-corrected chi connectivity index (χ1v) is 5.74. The van der Waals surface area contributed by atoms with Crippen LogP contribution >= 0.6 is 0 Å². The van der Waals surface area contributed by atoms with Gasteiger partial charge in [-0.3, -0.25) is 0 Å². The first-order valence-electron chi connectivity index (χ1n) is 5.74. The van der Waals surface area contributed by atoms with Crippen LogP contribution < -0.4 is 0 Å². The lowest BCUT2D eigenvalue weighted by atomic mass is 10.2. The van der Waals surface area contributed by atoms with E-state index in [2.05, 4.69) is 0 Å². The van der Waals surface area contributed by atoms with E-state index in [0.29, 0.717) is 0 Å². The fourth-order valence-corrected chi connectivity index (χ4v) is 1.25. The molecule has 0 aliphatic rings. The monoisotopic (exact) mass is 248 g/mol. The van der Waals surface area contributed by atoms with Crippen LogP contribution in [0.4, 0.5) is 0 Å². The Morgan fingerprint density at radius 3 is 2.56 bits per heavy atom. The minimum atomic E-state index is -0.891. The molecule has 18 heavy (non-hydrogen) atoms. The molecule has 0 saturated heterocycles. The average molecular weight is 248 g/mol. The quantitative estimate of drug-likeness (QED) is 0.592. The van der Waals surface area contributed by atoms with Crippen molar-refractivity contribution in [2.45, 2.75) is 20.0 Å². The normalized spacial score (nSPS) is 12.1. The molecule has 0 fully saturated rings. The van der Waals surface area contributed by atoms with E-state index < -0.39 is 18.0 Å². The van der Waals surface area contributed by atoms with Gasteiger partial charge in [-0.2, -0.15) is 0 Å². The number of carbonyl (C=O) groups excluding carboxylic acids is 2. The van der Waals surface area contributed by atoms with Crippen LogP contribution in [0.25, 0.3) is 6.08 Å².